The molecule has 2 rings (SSSR count). The van der Waals surface area contributed by atoms with Gasteiger partial charge in [-0.05, 0) is 43.7 Å². The van der Waals surface area contributed by atoms with Crippen LogP contribution in [0.1, 0.15) is 31.2 Å². The summed E-state index contributed by atoms with van der Waals surface area (Å²) in [6.45, 7) is 0. The van der Waals surface area contributed by atoms with Crippen molar-refractivity contribution in [3.05, 3.63) is 29.8 Å². The number of hydrogen-bond acceptors (Lipinski definition) is 2. The van der Waals surface area contributed by atoms with Crippen LogP contribution in [-0.4, -0.2) is 13.0 Å². The third-order valence-corrected chi connectivity index (χ3v) is 3.67. The Labute approximate surface area is 102 Å². The molecule has 1 aromatic carbocycles. The van der Waals surface area contributed by atoms with E-state index in [1.165, 1.54) is 5.56 Å². The number of hydrogen-bond donors (Lipinski definition) is 1. The minimum atomic E-state index is -0.179. The summed E-state index contributed by atoms with van der Waals surface area (Å²) in [4.78, 5) is 11.2. The number of nitrogens with two attached hydrogens (primary N) is 1. The molecule has 0 radical (unpaired) electrons. The molecule has 0 atom stereocenters. The van der Waals surface area contributed by atoms with Crippen LogP contribution >= 0.6 is 0 Å². The van der Waals surface area contributed by atoms with Crippen molar-refractivity contribution in [1.29, 1.82) is 0 Å². The van der Waals surface area contributed by atoms with Crippen molar-refractivity contribution in [2.75, 3.05) is 7.11 Å². The Morgan fingerprint density at radius 2 is 2.12 bits per heavy atom. The van der Waals surface area contributed by atoms with E-state index in [-0.39, 0.29) is 11.3 Å². The Hall–Kier alpha value is -1.51. The topological polar surface area (TPSA) is 52.3 Å². The van der Waals surface area contributed by atoms with Crippen LogP contribution in [0, 0.1) is 5.41 Å². The van der Waals surface area contributed by atoms with E-state index in [4.69, 9.17) is 10.5 Å². The minimum absolute atomic E-state index is 0.127. The van der Waals surface area contributed by atoms with E-state index in [0.29, 0.717) is 0 Å². The Bertz CT molecular complexity index is 410. The Kier molecular flexibility index (Phi) is 3.36. The zero-order valence-corrected chi connectivity index (χ0v) is 10.2. The molecule has 0 bridgehead atoms. The van der Waals surface area contributed by atoms with Crippen LogP contribution in [0.4, 0.5) is 0 Å². The summed E-state index contributed by atoms with van der Waals surface area (Å²) in [5.41, 5.74) is 6.43. The molecule has 1 aromatic rings. The van der Waals surface area contributed by atoms with Crippen molar-refractivity contribution in [3.8, 4) is 5.75 Å². The smallest absolute Gasteiger partial charge is 0.223 e. The molecule has 0 unspecified atom stereocenters. The summed E-state index contributed by atoms with van der Waals surface area (Å²) in [7, 11) is 1.69. The molecule has 0 aliphatic heterocycles. The zero-order chi connectivity index (χ0) is 12.3. The lowest BCUT2D eigenvalue weighted by Gasteiger charge is -2.11. The van der Waals surface area contributed by atoms with Gasteiger partial charge >= 0.3 is 0 Å². The fourth-order valence-electron chi connectivity index (χ4n) is 2.30. The molecule has 1 fully saturated rings. The second-order valence-electron chi connectivity index (χ2n) is 4.81. The number of amides is 1. The maximum absolute atomic E-state index is 11.2. The van der Waals surface area contributed by atoms with Gasteiger partial charge in [-0.2, -0.15) is 0 Å². The van der Waals surface area contributed by atoms with Crippen molar-refractivity contribution in [1.82, 2.24) is 0 Å². The average Bonchev–Trinajstić information content (AvgIpc) is 3.11. The number of ether oxygens (including phenoxy) is 1. The number of primary amides is 1. The first-order chi connectivity index (χ1) is 8.18. The van der Waals surface area contributed by atoms with Gasteiger partial charge in [0.1, 0.15) is 5.75 Å². The molecule has 0 aromatic heterocycles. The van der Waals surface area contributed by atoms with Crippen LogP contribution in [0.3, 0.4) is 0 Å². The first-order valence-corrected chi connectivity index (χ1v) is 6.10. The molecule has 1 amide bonds. The Balaban J connectivity index is 1.88. The third kappa shape index (κ3) is 2.60. The Morgan fingerprint density at radius 1 is 1.41 bits per heavy atom. The fourth-order valence-corrected chi connectivity index (χ4v) is 2.30. The first kappa shape index (κ1) is 12.0. The van der Waals surface area contributed by atoms with Gasteiger partial charge < -0.3 is 10.5 Å². The highest BCUT2D eigenvalue weighted by molar-refractivity contribution is 5.83. The predicted molar refractivity (Wildman–Crippen MR) is 66.8 cm³/mol. The van der Waals surface area contributed by atoms with Gasteiger partial charge in [0.15, 0.2) is 0 Å². The van der Waals surface area contributed by atoms with Crippen LogP contribution in [0.5, 0.6) is 5.75 Å². The SMILES string of the molecule is COc1ccccc1CCCC1(C(N)=O)CC1. The number of carbonyl (C=O) groups excluding carboxylic acids is 1. The molecule has 1 saturated carbocycles. The van der Waals surface area contributed by atoms with E-state index in [1.807, 2.05) is 18.2 Å². The van der Waals surface area contributed by atoms with Crippen molar-refractivity contribution >= 4 is 5.91 Å². The van der Waals surface area contributed by atoms with Gasteiger partial charge in [0.25, 0.3) is 0 Å². The lowest BCUT2D eigenvalue weighted by Crippen LogP contribution is -2.24. The fraction of sp³-hybridized carbons (Fsp3) is 0.500. The van der Waals surface area contributed by atoms with Gasteiger partial charge in [-0.15, -0.1) is 0 Å². The summed E-state index contributed by atoms with van der Waals surface area (Å²) >= 11 is 0. The van der Waals surface area contributed by atoms with Gasteiger partial charge in [0.05, 0.1) is 7.11 Å². The van der Waals surface area contributed by atoms with Gasteiger partial charge in [-0.25, -0.2) is 0 Å². The normalized spacial score (nSPS) is 16.5. The van der Waals surface area contributed by atoms with Gasteiger partial charge in [-0.3, -0.25) is 4.79 Å². The number of carbonyl (C=O) groups is 1. The maximum Gasteiger partial charge on any atom is 0.223 e. The predicted octanol–water partition coefficient (Wildman–Crippen LogP) is 2.28. The number of para-hydroxylation sites is 1. The van der Waals surface area contributed by atoms with Crippen LogP contribution in [0.15, 0.2) is 24.3 Å². The highest BCUT2D eigenvalue weighted by Gasteiger charge is 2.47. The molecule has 3 heteroatoms. The van der Waals surface area contributed by atoms with Crippen LogP contribution in [-0.2, 0) is 11.2 Å². The molecule has 0 spiro atoms. The number of rotatable bonds is 6. The largest absolute Gasteiger partial charge is 0.496 e. The molecule has 1 aliphatic carbocycles. The zero-order valence-electron chi connectivity index (χ0n) is 10.2. The van der Waals surface area contributed by atoms with Crippen LogP contribution in [0.2, 0.25) is 0 Å². The highest BCUT2D eigenvalue weighted by atomic mass is 16.5. The molecule has 2 N–H and O–H groups in total. The van der Waals surface area contributed by atoms with Crippen molar-refractivity contribution in [2.24, 2.45) is 11.1 Å². The minimum Gasteiger partial charge on any atom is -0.496 e. The molecule has 3 nitrogen and oxygen atoms in total. The number of benzene rings is 1. The average molecular weight is 233 g/mol. The highest BCUT2D eigenvalue weighted by Crippen LogP contribution is 2.49. The summed E-state index contributed by atoms with van der Waals surface area (Å²) in [6, 6.07) is 8.02. The van der Waals surface area contributed by atoms with E-state index >= 15 is 0 Å². The monoisotopic (exact) mass is 233 g/mol. The summed E-state index contributed by atoms with van der Waals surface area (Å²) in [6.07, 6.45) is 4.77. The molecule has 0 saturated heterocycles. The van der Waals surface area contributed by atoms with Crippen molar-refractivity contribution in [3.63, 3.8) is 0 Å². The molecule has 17 heavy (non-hydrogen) atoms. The van der Waals surface area contributed by atoms with Crippen LogP contribution < -0.4 is 10.5 Å². The van der Waals surface area contributed by atoms with E-state index in [0.717, 1.165) is 37.9 Å². The summed E-state index contributed by atoms with van der Waals surface area (Å²) < 4.78 is 5.30. The second-order valence-corrected chi connectivity index (χ2v) is 4.81. The lowest BCUT2D eigenvalue weighted by molar-refractivity contribution is -0.123. The van der Waals surface area contributed by atoms with Crippen molar-refractivity contribution in [2.45, 2.75) is 32.1 Å². The third-order valence-electron chi connectivity index (χ3n) is 3.67. The molecule has 1 aliphatic rings. The Morgan fingerprint density at radius 3 is 2.71 bits per heavy atom. The quantitative estimate of drug-likeness (QED) is 0.819. The number of aryl methyl sites for hydroxylation is 1. The van der Waals surface area contributed by atoms with Crippen LogP contribution in [0.25, 0.3) is 0 Å². The van der Waals surface area contributed by atoms with E-state index in [1.54, 1.807) is 7.11 Å². The standard InChI is InChI=1S/C14H19NO2/c1-17-12-7-3-2-5-11(12)6-4-8-14(9-10-14)13(15)16/h2-3,5,7H,4,6,8-10H2,1H3,(H2,15,16). The van der Waals surface area contributed by atoms with Gasteiger partial charge in [0, 0.05) is 5.41 Å². The van der Waals surface area contributed by atoms with Gasteiger partial charge in [0.2, 0.25) is 5.91 Å². The van der Waals surface area contributed by atoms with Crippen molar-refractivity contribution < 1.29 is 9.53 Å². The summed E-state index contributed by atoms with van der Waals surface area (Å²) in [5, 5.41) is 0. The lowest BCUT2D eigenvalue weighted by atomic mass is 9.96. The van der Waals surface area contributed by atoms with Gasteiger partial charge in [-0.1, -0.05) is 18.2 Å². The molecule has 92 valence electrons. The molecular weight excluding hydrogens is 214 g/mol. The van der Waals surface area contributed by atoms with E-state index in [2.05, 4.69) is 6.07 Å². The maximum atomic E-state index is 11.2. The van der Waals surface area contributed by atoms with E-state index < -0.39 is 0 Å². The summed E-state index contributed by atoms with van der Waals surface area (Å²) in [5.74, 6) is 0.800. The molecular formula is C14H19NO2. The number of methoxy groups -OCH3 is 1. The first-order valence-electron chi connectivity index (χ1n) is 6.10. The van der Waals surface area contributed by atoms with E-state index in [9.17, 15) is 4.79 Å². The second kappa shape index (κ2) is 4.78. The molecule has 0 heterocycles.